The van der Waals surface area contributed by atoms with E-state index in [2.05, 4.69) is 0 Å². The summed E-state index contributed by atoms with van der Waals surface area (Å²) in [6, 6.07) is 7.08. The third-order valence-electron chi connectivity index (χ3n) is 2.86. The van der Waals surface area contributed by atoms with Gasteiger partial charge in [0.1, 0.15) is 11.9 Å². The van der Waals surface area contributed by atoms with Crippen LogP contribution >= 0.6 is 0 Å². The molecule has 17 heavy (non-hydrogen) atoms. The van der Waals surface area contributed by atoms with E-state index in [9.17, 15) is 13.5 Å². The Hall–Kier alpha value is -1.07. The van der Waals surface area contributed by atoms with E-state index < -0.39 is 15.9 Å². The van der Waals surface area contributed by atoms with Crippen molar-refractivity contribution in [3.05, 3.63) is 29.8 Å². The van der Waals surface area contributed by atoms with Gasteiger partial charge in [-0.2, -0.15) is 0 Å². The first-order valence-electron chi connectivity index (χ1n) is 5.61. The summed E-state index contributed by atoms with van der Waals surface area (Å²) in [6.45, 7) is 1.69. The number of rotatable bonds is 3. The van der Waals surface area contributed by atoms with Crippen LogP contribution in [0.5, 0.6) is 5.75 Å². The van der Waals surface area contributed by atoms with Crippen LogP contribution in [0.2, 0.25) is 0 Å². The Morgan fingerprint density at radius 1 is 1.35 bits per heavy atom. The second-order valence-electron chi connectivity index (χ2n) is 4.39. The molecule has 0 spiro atoms. The van der Waals surface area contributed by atoms with E-state index in [1.54, 1.807) is 31.2 Å². The third-order valence-corrected chi connectivity index (χ3v) is 4.59. The summed E-state index contributed by atoms with van der Waals surface area (Å²) >= 11 is 0. The van der Waals surface area contributed by atoms with Crippen molar-refractivity contribution in [1.29, 1.82) is 0 Å². The van der Waals surface area contributed by atoms with E-state index in [1.165, 1.54) is 0 Å². The van der Waals surface area contributed by atoms with Crippen LogP contribution in [0.4, 0.5) is 0 Å². The lowest BCUT2D eigenvalue weighted by Gasteiger charge is -2.12. The predicted molar refractivity (Wildman–Crippen MR) is 64.8 cm³/mol. The lowest BCUT2D eigenvalue weighted by atomic mass is 10.1. The summed E-state index contributed by atoms with van der Waals surface area (Å²) in [5.41, 5.74) is 0.816. The Kier molecular flexibility index (Phi) is 3.40. The molecule has 5 heteroatoms. The molecule has 1 heterocycles. The molecular formula is C12H16O4S. The fraction of sp³-hybridized carbons (Fsp3) is 0.500. The van der Waals surface area contributed by atoms with Crippen molar-refractivity contribution in [3.63, 3.8) is 0 Å². The van der Waals surface area contributed by atoms with Crippen LogP contribution in [-0.2, 0) is 9.84 Å². The Bertz CT molecular complexity index is 476. The number of benzene rings is 1. The first kappa shape index (κ1) is 12.4. The number of hydrogen-bond donors (Lipinski definition) is 1. The van der Waals surface area contributed by atoms with Gasteiger partial charge in [-0.3, -0.25) is 0 Å². The molecule has 0 radical (unpaired) electrons. The number of ether oxygens (including phenoxy) is 1. The van der Waals surface area contributed by atoms with Gasteiger partial charge in [-0.25, -0.2) is 8.42 Å². The van der Waals surface area contributed by atoms with Crippen LogP contribution in [0.3, 0.4) is 0 Å². The molecule has 1 aliphatic heterocycles. The van der Waals surface area contributed by atoms with Crippen LogP contribution in [0.15, 0.2) is 24.3 Å². The SMILES string of the molecule is C[C@H](O)c1ccc(OC2CCS(=O)(=O)C2)cc1. The Morgan fingerprint density at radius 2 is 2.00 bits per heavy atom. The number of aliphatic hydroxyl groups excluding tert-OH is 1. The maximum absolute atomic E-state index is 11.3. The van der Waals surface area contributed by atoms with Gasteiger partial charge in [0.05, 0.1) is 17.6 Å². The fourth-order valence-corrected chi connectivity index (χ4v) is 3.46. The summed E-state index contributed by atoms with van der Waals surface area (Å²) in [5.74, 6) is 0.964. The van der Waals surface area contributed by atoms with E-state index in [-0.39, 0.29) is 17.6 Å². The molecule has 1 fully saturated rings. The van der Waals surface area contributed by atoms with Crippen molar-refractivity contribution in [2.45, 2.75) is 25.6 Å². The zero-order valence-electron chi connectivity index (χ0n) is 9.67. The van der Waals surface area contributed by atoms with Gasteiger partial charge in [-0.1, -0.05) is 12.1 Å². The molecule has 0 aliphatic carbocycles. The topological polar surface area (TPSA) is 63.6 Å². The first-order valence-corrected chi connectivity index (χ1v) is 7.43. The highest BCUT2D eigenvalue weighted by Crippen LogP contribution is 2.22. The van der Waals surface area contributed by atoms with E-state index in [0.717, 1.165) is 5.56 Å². The molecule has 1 saturated heterocycles. The molecular weight excluding hydrogens is 240 g/mol. The van der Waals surface area contributed by atoms with Gasteiger partial charge in [0.15, 0.2) is 9.84 Å². The molecule has 1 aliphatic rings. The molecule has 4 nitrogen and oxygen atoms in total. The van der Waals surface area contributed by atoms with E-state index in [1.807, 2.05) is 0 Å². The van der Waals surface area contributed by atoms with Crippen molar-refractivity contribution in [3.8, 4) is 5.75 Å². The number of sulfone groups is 1. The molecule has 94 valence electrons. The highest BCUT2D eigenvalue weighted by molar-refractivity contribution is 7.91. The minimum absolute atomic E-state index is 0.102. The predicted octanol–water partition coefficient (Wildman–Crippen LogP) is 1.31. The number of hydrogen-bond acceptors (Lipinski definition) is 4. The first-order chi connectivity index (χ1) is 7.96. The summed E-state index contributed by atoms with van der Waals surface area (Å²) in [6.07, 6.45) is -0.186. The highest BCUT2D eigenvalue weighted by Gasteiger charge is 2.29. The normalized spacial score (nSPS) is 24.5. The molecule has 1 N–H and O–H groups in total. The molecule has 1 aromatic carbocycles. The van der Waals surface area contributed by atoms with Gasteiger partial charge in [0, 0.05) is 0 Å². The summed E-state index contributed by atoms with van der Waals surface area (Å²) in [4.78, 5) is 0. The van der Waals surface area contributed by atoms with Crippen molar-refractivity contribution in [2.24, 2.45) is 0 Å². The van der Waals surface area contributed by atoms with Gasteiger partial charge in [-0.05, 0) is 31.0 Å². The Balaban J connectivity index is 2.00. The lowest BCUT2D eigenvalue weighted by Crippen LogP contribution is -2.17. The van der Waals surface area contributed by atoms with Crippen LogP contribution in [0.1, 0.15) is 25.0 Å². The van der Waals surface area contributed by atoms with Crippen LogP contribution in [0.25, 0.3) is 0 Å². The summed E-state index contributed by atoms with van der Waals surface area (Å²) < 4.78 is 28.1. The Morgan fingerprint density at radius 3 is 2.47 bits per heavy atom. The maximum Gasteiger partial charge on any atom is 0.154 e. The van der Waals surface area contributed by atoms with Gasteiger partial charge in [0.2, 0.25) is 0 Å². The zero-order valence-corrected chi connectivity index (χ0v) is 10.5. The summed E-state index contributed by atoms with van der Waals surface area (Å²) in [7, 11) is -2.90. The molecule has 0 aromatic heterocycles. The van der Waals surface area contributed by atoms with Crippen LogP contribution in [-0.4, -0.2) is 31.1 Å². The lowest BCUT2D eigenvalue weighted by molar-refractivity contribution is 0.198. The van der Waals surface area contributed by atoms with Gasteiger partial charge in [-0.15, -0.1) is 0 Å². The standard InChI is InChI=1S/C12H16O4S/c1-9(13)10-2-4-11(5-3-10)16-12-6-7-17(14,15)8-12/h2-5,9,12-13H,6-8H2,1H3/t9-,12?/m0/s1. The van der Waals surface area contributed by atoms with Crippen molar-refractivity contribution >= 4 is 9.84 Å². The smallest absolute Gasteiger partial charge is 0.154 e. The molecule has 2 rings (SSSR count). The van der Waals surface area contributed by atoms with Crippen molar-refractivity contribution in [2.75, 3.05) is 11.5 Å². The zero-order chi connectivity index (χ0) is 12.5. The van der Waals surface area contributed by atoms with Crippen molar-refractivity contribution < 1.29 is 18.3 Å². The molecule has 1 unspecified atom stereocenters. The van der Waals surface area contributed by atoms with E-state index in [4.69, 9.17) is 4.74 Å². The molecule has 0 saturated carbocycles. The molecule has 2 atom stereocenters. The minimum atomic E-state index is -2.90. The fourth-order valence-electron chi connectivity index (χ4n) is 1.87. The van der Waals surface area contributed by atoms with Gasteiger partial charge >= 0.3 is 0 Å². The third kappa shape index (κ3) is 3.20. The largest absolute Gasteiger partial charge is 0.489 e. The average Bonchev–Trinajstić information content (AvgIpc) is 2.59. The van der Waals surface area contributed by atoms with E-state index >= 15 is 0 Å². The van der Waals surface area contributed by atoms with Crippen LogP contribution < -0.4 is 4.74 Å². The van der Waals surface area contributed by atoms with Gasteiger partial charge in [0.25, 0.3) is 0 Å². The molecule has 1 aromatic rings. The molecule has 0 amide bonds. The minimum Gasteiger partial charge on any atom is -0.489 e. The maximum atomic E-state index is 11.3. The average molecular weight is 256 g/mol. The van der Waals surface area contributed by atoms with Crippen molar-refractivity contribution in [1.82, 2.24) is 0 Å². The second kappa shape index (κ2) is 4.66. The monoisotopic (exact) mass is 256 g/mol. The quantitative estimate of drug-likeness (QED) is 0.885. The Labute approximate surface area is 101 Å². The molecule has 0 bridgehead atoms. The highest BCUT2D eigenvalue weighted by atomic mass is 32.2. The van der Waals surface area contributed by atoms with Crippen LogP contribution in [0, 0.1) is 0 Å². The van der Waals surface area contributed by atoms with E-state index in [0.29, 0.717) is 12.2 Å². The summed E-state index contributed by atoms with van der Waals surface area (Å²) in [5, 5.41) is 9.35. The van der Waals surface area contributed by atoms with Gasteiger partial charge < -0.3 is 9.84 Å². The number of aliphatic hydroxyl groups is 1. The second-order valence-corrected chi connectivity index (χ2v) is 6.62.